The summed E-state index contributed by atoms with van der Waals surface area (Å²) in [4.78, 5) is 3.92. The largest absolute Gasteiger partial charge is 0.298 e. The molecule has 1 aliphatic rings. The Morgan fingerprint density at radius 1 is 1.24 bits per heavy atom. The highest BCUT2D eigenvalue weighted by atomic mass is 35.7. The summed E-state index contributed by atoms with van der Waals surface area (Å²) in [7, 11) is 1.36. The van der Waals surface area contributed by atoms with Gasteiger partial charge in [0.25, 0.3) is 14.2 Å². The smallest absolute Gasteiger partial charge is 0.262 e. The fourth-order valence-electron chi connectivity index (χ4n) is 2.32. The molecule has 5 nitrogen and oxygen atoms in total. The molecule has 96 valence electrons. The molecule has 1 heterocycles. The molecule has 1 aromatic heterocycles. The predicted octanol–water partition coefficient (Wildman–Crippen LogP) is 2.25. The lowest BCUT2D eigenvalue weighted by Crippen LogP contribution is -2.05. The zero-order valence-electron chi connectivity index (χ0n) is 9.52. The van der Waals surface area contributed by atoms with Gasteiger partial charge in [-0.15, -0.1) is 5.10 Å². The van der Waals surface area contributed by atoms with Gasteiger partial charge in [0.05, 0.1) is 0 Å². The van der Waals surface area contributed by atoms with Gasteiger partial charge in [-0.25, -0.2) is 13.4 Å². The second kappa shape index (κ2) is 5.35. The van der Waals surface area contributed by atoms with Crippen LogP contribution in [0.5, 0.6) is 0 Å². The molecule has 0 unspecified atom stereocenters. The third-order valence-electron chi connectivity index (χ3n) is 3.19. The normalized spacial score (nSPS) is 19.1. The minimum Gasteiger partial charge on any atom is -0.262 e. The number of rotatable bonds is 3. The first-order chi connectivity index (χ1) is 8.05. The van der Waals surface area contributed by atoms with Gasteiger partial charge in [-0.2, -0.15) is 0 Å². The summed E-state index contributed by atoms with van der Waals surface area (Å²) >= 11 is 0. The van der Waals surface area contributed by atoms with E-state index in [4.69, 9.17) is 10.7 Å². The number of halogens is 1. The summed E-state index contributed by atoms with van der Waals surface area (Å²) in [5, 5.41) is 5.96. The summed E-state index contributed by atoms with van der Waals surface area (Å²) in [6.45, 7) is 0. The Balaban J connectivity index is 2.01. The Morgan fingerprint density at radius 3 is 2.41 bits per heavy atom. The standard InChI is InChI=1S/C10H16ClN3O2S/c11-17(15,16)10-12-9(13-14-10)7-8-5-3-1-2-4-6-8/h8H,1-7H2,(H,12,13,14). The van der Waals surface area contributed by atoms with Gasteiger partial charge >= 0.3 is 0 Å². The lowest BCUT2D eigenvalue weighted by molar-refractivity contribution is 0.448. The molecule has 0 saturated heterocycles. The highest BCUT2D eigenvalue weighted by Crippen LogP contribution is 2.25. The highest BCUT2D eigenvalue weighted by Gasteiger charge is 2.19. The van der Waals surface area contributed by atoms with Gasteiger partial charge in [0.2, 0.25) is 0 Å². The second-order valence-corrected chi connectivity index (χ2v) is 7.02. The third kappa shape index (κ3) is 3.67. The molecule has 0 amide bonds. The predicted molar refractivity (Wildman–Crippen MR) is 64.3 cm³/mol. The molecule has 1 N–H and O–H groups in total. The van der Waals surface area contributed by atoms with E-state index in [1.807, 2.05) is 0 Å². The lowest BCUT2D eigenvalue weighted by atomic mass is 9.96. The molecule has 0 aromatic carbocycles. The Labute approximate surface area is 105 Å². The van der Waals surface area contributed by atoms with Crippen LogP contribution in [0, 0.1) is 5.92 Å². The van der Waals surface area contributed by atoms with Gasteiger partial charge in [-0.1, -0.05) is 38.5 Å². The maximum absolute atomic E-state index is 11.0. The van der Waals surface area contributed by atoms with Gasteiger partial charge in [-0.3, -0.25) is 5.10 Å². The van der Waals surface area contributed by atoms with Gasteiger partial charge < -0.3 is 0 Å². The van der Waals surface area contributed by atoms with Crippen LogP contribution in [0.4, 0.5) is 0 Å². The molecule has 0 atom stereocenters. The minimum atomic E-state index is -3.81. The average molecular weight is 278 g/mol. The van der Waals surface area contributed by atoms with E-state index in [9.17, 15) is 8.42 Å². The Bertz CT molecular complexity index is 464. The van der Waals surface area contributed by atoms with Gasteiger partial charge in [0.1, 0.15) is 5.82 Å². The maximum Gasteiger partial charge on any atom is 0.298 e. The number of nitrogens with one attached hydrogen (secondary N) is 1. The van der Waals surface area contributed by atoms with E-state index in [1.54, 1.807) is 0 Å². The second-order valence-electron chi connectivity index (χ2n) is 4.56. The van der Waals surface area contributed by atoms with E-state index in [0.29, 0.717) is 11.7 Å². The van der Waals surface area contributed by atoms with Gasteiger partial charge in [0.15, 0.2) is 0 Å². The van der Waals surface area contributed by atoms with Crippen molar-refractivity contribution in [3.63, 3.8) is 0 Å². The average Bonchev–Trinajstić information content (AvgIpc) is 2.56. The van der Waals surface area contributed by atoms with E-state index < -0.39 is 9.05 Å². The van der Waals surface area contributed by atoms with Crippen LogP contribution >= 0.6 is 10.7 Å². The molecular weight excluding hydrogens is 262 g/mol. The minimum absolute atomic E-state index is 0.317. The Hall–Kier alpha value is -0.620. The van der Waals surface area contributed by atoms with Crippen LogP contribution in [0.15, 0.2) is 5.16 Å². The number of hydrogen-bond acceptors (Lipinski definition) is 4. The van der Waals surface area contributed by atoms with Crippen molar-refractivity contribution in [2.45, 2.75) is 50.1 Å². The topological polar surface area (TPSA) is 75.7 Å². The third-order valence-corrected chi connectivity index (χ3v) is 4.22. The van der Waals surface area contributed by atoms with Crippen LogP contribution in [0.3, 0.4) is 0 Å². The van der Waals surface area contributed by atoms with Crippen LogP contribution in [-0.2, 0) is 15.5 Å². The molecule has 17 heavy (non-hydrogen) atoms. The zero-order chi connectivity index (χ0) is 12.3. The SMILES string of the molecule is O=S(=O)(Cl)c1n[nH]c(CC2CCCCCC2)n1. The molecule has 1 fully saturated rings. The van der Waals surface area contributed by atoms with Crippen molar-refractivity contribution in [2.24, 2.45) is 5.92 Å². The van der Waals surface area contributed by atoms with Crippen molar-refractivity contribution in [3.05, 3.63) is 5.82 Å². The Kier molecular flexibility index (Phi) is 4.04. The zero-order valence-corrected chi connectivity index (χ0v) is 11.1. The summed E-state index contributed by atoms with van der Waals surface area (Å²) in [6.07, 6.45) is 8.23. The van der Waals surface area contributed by atoms with Crippen molar-refractivity contribution >= 4 is 19.7 Å². The molecule has 7 heteroatoms. The van der Waals surface area contributed by atoms with Crippen LogP contribution in [-0.4, -0.2) is 23.6 Å². The van der Waals surface area contributed by atoms with Crippen molar-refractivity contribution in [2.75, 3.05) is 0 Å². The molecule has 0 aliphatic heterocycles. The number of H-pyrrole nitrogens is 1. The number of aromatic amines is 1. The quantitative estimate of drug-likeness (QED) is 0.679. The van der Waals surface area contributed by atoms with Gasteiger partial charge in [-0.05, 0) is 5.92 Å². The molecule has 0 spiro atoms. The van der Waals surface area contributed by atoms with Crippen LogP contribution in [0.2, 0.25) is 0 Å². The number of nitrogens with zero attached hydrogens (tertiary/aromatic N) is 2. The van der Waals surface area contributed by atoms with Crippen molar-refractivity contribution in [1.82, 2.24) is 15.2 Å². The van der Waals surface area contributed by atoms with Crippen LogP contribution in [0.25, 0.3) is 0 Å². The molecule has 0 radical (unpaired) electrons. The molecule has 0 bridgehead atoms. The first-order valence-electron chi connectivity index (χ1n) is 5.91. The fraction of sp³-hybridized carbons (Fsp3) is 0.800. The summed E-state index contributed by atoms with van der Waals surface area (Å²) in [6, 6.07) is 0. The van der Waals surface area contributed by atoms with Crippen LogP contribution in [0.1, 0.15) is 44.3 Å². The molecule has 1 saturated carbocycles. The molecule has 1 aromatic rings. The van der Waals surface area contributed by atoms with Gasteiger partial charge in [0, 0.05) is 17.1 Å². The van der Waals surface area contributed by atoms with Crippen molar-refractivity contribution < 1.29 is 8.42 Å². The number of aromatic nitrogens is 3. The maximum atomic E-state index is 11.0. The van der Waals surface area contributed by atoms with Crippen molar-refractivity contribution in [1.29, 1.82) is 0 Å². The molecular formula is C10H16ClN3O2S. The first kappa shape index (κ1) is 12.8. The summed E-state index contributed by atoms with van der Waals surface area (Å²) in [5.41, 5.74) is 0. The van der Waals surface area contributed by atoms with Crippen LogP contribution < -0.4 is 0 Å². The van der Waals surface area contributed by atoms with E-state index >= 15 is 0 Å². The summed E-state index contributed by atoms with van der Waals surface area (Å²) in [5.74, 6) is 1.20. The van der Waals surface area contributed by atoms with E-state index in [0.717, 1.165) is 6.42 Å². The molecule has 1 aliphatic carbocycles. The lowest BCUT2D eigenvalue weighted by Gasteiger charge is -2.10. The number of hydrogen-bond donors (Lipinski definition) is 1. The van der Waals surface area contributed by atoms with E-state index in [2.05, 4.69) is 15.2 Å². The summed E-state index contributed by atoms with van der Waals surface area (Å²) < 4.78 is 22.0. The van der Waals surface area contributed by atoms with Crippen molar-refractivity contribution in [3.8, 4) is 0 Å². The fourth-order valence-corrected chi connectivity index (χ4v) is 2.90. The Morgan fingerprint density at radius 2 is 1.88 bits per heavy atom. The highest BCUT2D eigenvalue weighted by molar-refractivity contribution is 8.13. The monoisotopic (exact) mass is 277 g/mol. The van der Waals surface area contributed by atoms with E-state index in [1.165, 1.54) is 38.5 Å². The first-order valence-corrected chi connectivity index (χ1v) is 8.22. The molecule has 2 rings (SSSR count). The van der Waals surface area contributed by atoms with E-state index in [-0.39, 0.29) is 5.16 Å².